The molecule has 0 spiro atoms. The third-order valence-electron chi connectivity index (χ3n) is 6.78. The number of likely N-dealkylation sites (tertiary alicyclic amines) is 1. The number of carbonyl (C=O) groups is 2. The van der Waals surface area contributed by atoms with Crippen LogP contribution in [0.5, 0.6) is 0 Å². The number of hydrogen-bond acceptors (Lipinski definition) is 6. The minimum atomic E-state index is -4.70. The molecule has 0 saturated carbocycles. The third-order valence-corrected chi connectivity index (χ3v) is 6.78. The van der Waals surface area contributed by atoms with E-state index in [4.69, 9.17) is 4.74 Å². The summed E-state index contributed by atoms with van der Waals surface area (Å²) < 4.78 is 60.4. The van der Waals surface area contributed by atoms with Gasteiger partial charge < -0.3 is 15.0 Å². The fourth-order valence-corrected chi connectivity index (χ4v) is 4.95. The largest absolute Gasteiger partial charge is 0.469 e. The molecule has 1 amide bonds. The summed E-state index contributed by atoms with van der Waals surface area (Å²) in [7, 11) is 1.22. The van der Waals surface area contributed by atoms with Gasteiger partial charge in [-0.1, -0.05) is 12.1 Å². The van der Waals surface area contributed by atoms with Gasteiger partial charge in [0.05, 0.1) is 29.3 Å². The molecule has 202 valence electrons. The van der Waals surface area contributed by atoms with Crippen molar-refractivity contribution in [1.82, 2.24) is 20.1 Å². The molecule has 1 fully saturated rings. The van der Waals surface area contributed by atoms with Gasteiger partial charge in [0.15, 0.2) is 5.82 Å². The highest BCUT2D eigenvalue weighted by atomic mass is 19.4. The van der Waals surface area contributed by atoms with Crippen LogP contribution in [0, 0.1) is 18.2 Å². The molecule has 3 aromatic rings. The highest BCUT2D eigenvalue weighted by Crippen LogP contribution is 2.41. The number of methoxy groups -OCH3 is 1. The summed E-state index contributed by atoms with van der Waals surface area (Å²) in [5.74, 6) is -1.21. The van der Waals surface area contributed by atoms with Crippen molar-refractivity contribution < 1.29 is 31.9 Å². The van der Waals surface area contributed by atoms with Crippen LogP contribution in [0.15, 0.2) is 42.5 Å². The number of carbonyl (C=O) groups excluding carboxylic acids is 2. The molecule has 4 rings (SSSR count). The number of aromatic nitrogens is 3. The zero-order chi connectivity index (χ0) is 27.7. The fourth-order valence-electron chi connectivity index (χ4n) is 4.95. The highest BCUT2D eigenvalue weighted by molar-refractivity contribution is 5.96. The third kappa shape index (κ3) is 5.48. The van der Waals surface area contributed by atoms with E-state index in [9.17, 15) is 27.2 Å². The van der Waals surface area contributed by atoms with E-state index in [1.54, 1.807) is 13.0 Å². The topological polar surface area (TPSA) is 100 Å². The first kappa shape index (κ1) is 27.1. The highest BCUT2D eigenvalue weighted by Gasteiger charge is 2.48. The number of esters is 1. The molecule has 0 radical (unpaired) electrons. The molecule has 1 saturated heterocycles. The molecule has 8 nitrogen and oxygen atoms in total. The zero-order valence-corrected chi connectivity index (χ0v) is 21.0. The van der Waals surface area contributed by atoms with Crippen molar-refractivity contribution >= 4 is 23.5 Å². The summed E-state index contributed by atoms with van der Waals surface area (Å²) in [6.45, 7) is 3.45. The average Bonchev–Trinajstić information content (AvgIpc) is 3.29. The fraction of sp³-hybridized carbons (Fsp3) is 0.385. The molecule has 2 atom stereocenters. The van der Waals surface area contributed by atoms with Crippen molar-refractivity contribution in [2.24, 2.45) is 5.41 Å². The van der Waals surface area contributed by atoms with Crippen molar-refractivity contribution in [1.29, 1.82) is 0 Å². The summed E-state index contributed by atoms with van der Waals surface area (Å²) in [5, 5.41) is 9.81. The van der Waals surface area contributed by atoms with Crippen molar-refractivity contribution in [2.45, 2.75) is 45.3 Å². The maximum absolute atomic E-state index is 14.8. The van der Waals surface area contributed by atoms with Crippen LogP contribution >= 0.6 is 0 Å². The molecule has 1 aliphatic rings. The van der Waals surface area contributed by atoms with Crippen LogP contribution in [-0.2, 0) is 22.1 Å². The summed E-state index contributed by atoms with van der Waals surface area (Å²) >= 11 is 0. The molecular weight excluding hydrogens is 506 g/mol. The van der Waals surface area contributed by atoms with E-state index in [1.807, 2.05) is 6.92 Å². The molecule has 0 bridgehead atoms. The first-order valence-corrected chi connectivity index (χ1v) is 11.9. The molecule has 1 aliphatic heterocycles. The number of alkyl halides is 3. The van der Waals surface area contributed by atoms with Gasteiger partial charge in [-0.2, -0.15) is 18.3 Å². The Morgan fingerprint density at radius 1 is 1.21 bits per heavy atom. The molecule has 2 N–H and O–H groups in total. The number of aryl methyl sites for hydroxylation is 1. The number of pyridine rings is 1. The number of rotatable bonds is 6. The van der Waals surface area contributed by atoms with Gasteiger partial charge >= 0.3 is 12.1 Å². The summed E-state index contributed by atoms with van der Waals surface area (Å²) in [5.41, 5.74) is -1.89. The Bertz CT molecular complexity index is 1340. The second kappa shape index (κ2) is 10.4. The van der Waals surface area contributed by atoms with Gasteiger partial charge in [0.25, 0.3) is 5.91 Å². The average molecular weight is 534 g/mol. The maximum Gasteiger partial charge on any atom is 0.417 e. The van der Waals surface area contributed by atoms with Gasteiger partial charge in [-0.3, -0.25) is 14.7 Å². The Kier molecular flexibility index (Phi) is 7.43. The first-order valence-electron chi connectivity index (χ1n) is 11.9. The van der Waals surface area contributed by atoms with E-state index in [-0.39, 0.29) is 31.5 Å². The van der Waals surface area contributed by atoms with Crippen LogP contribution in [0.4, 0.5) is 29.2 Å². The van der Waals surface area contributed by atoms with E-state index in [0.717, 1.165) is 17.8 Å². The normalized spacial score (nSPS) is 19.8. The lowest BCUT2D eigenvalue weighted by Gasteiger charge is -2.44. The lowest BCUT2D eigenvalue weighted by atomic mass is 9.72. The van der Waals surface area contributed by atoms with Crippen LogP contribution in [0.1, 0.15) is 47.1 Å². The lowest BCUT2D eigenvalue weighted by molar-refractivity contribution is -0.156. The van der Waals surface area contributed by atoms with Crippen molar-refractivity contribution in [3.63, 3.8) is 0 Å². The van der Waals surface area contributed by atoms with Crippen LogP contribution in [0.2, 0.25) is 0 Å². The number of nitrogens with one attached hydrogen (secondary N) is 2. The van der Waals surface area contributed by atoms with Crippen molar-refractivity contribution in [3.05, 3.63) is 70.8 Å². The molecule has 2 aromatic heterocycles. The van der Waals surface area contributed by atoms with Gasteiger partial charge in [0.2, 0.25) is 0 Å². The quantitative estimate of drug-likeness (QED) is 0.340. The standard InChI is InChI=1S/C26H27F4N5O3/c1-15-12-22(34-33-15)32-21-9-8-19(27)20(31-21)14-25(24(37)38-3)10-11-35(16(2)13-25)23(36)17-6-4-5-7-18(17)26(28,29)30/h4-9,12,16H,10-11,13-14H2,1-3H3,(H2,31,32,33,34)/t16-,25-/m1/s1. The molecule has 1 aromatic carbocycles. The summed E-state index contributed by atoms with van der Waals surface area (Å²) in [6.07, 6.45) is -4.71. The predicted octanol–water partition coefficient (Wildman–Crippen LogP) is 5.04. The molecule has 3 heterocycles. The van der Waals surface area contributed by atoms with Crippen LogP contribution in [-0.4, -0.2) is 51.7 Å². The van der Waals surface area contributed by atoms with Gasteiger partial charge in [0.1, 0.15) is 11.6 Å². The molecule has 0 aliphatic carbocycles. The molecular formula is C26H27F4N5O3. The van der Waals surface area contributed by atoms with Gasteiger partial charge in [-0.25, -0.2) is 9.37 Å². The monoisotopic (exact) mass is 533 g/mol. The van der Waals surface area contributed by atoms with Gasteiger partial charge in [-0.15, -0.1) is 0 Å². The zero-order valence-electron chi connectivity index (χ0n) is 21.0. The van der Waals surface area contributed by atoms with Gasteiger partial charge in [-0.05, 0) is 51.0 Å². The van der Waals surface area contributed by atoms with Crippen LogP contribution in [0.3, 0.4) is 0 Å². The Morgan fingerprint density at radius 3 is 2.58 bits per heavy atom. The van der Waals surface area contributed by atoms with E-state index in [0.29, 0.717) is 11.6 Å². The first-order chi connectivity index (χ1) is 17.9. The minimum absolute atomic E-state index is 0.0158. The second-order valence-corrected chi connectivity index (χ2v) is 9.48. The Hall–Kier alpha value is -3.96. The number of hydrogen-bond donors (Lipinski definition) is 2. The number of halogens is 4. The van der Waals surface area contributed by atoms with Crippen LogP contribution < -0.4 is 5.32 Å². The SMILES string of the molecule is COC(=O)[C@]1(Cc2nc(Nc3cc(C)[nH]n3)ccc2F)CCN(C(=O)c2ccccc2C(F)(F)F)[C@H](C)C1. The Morgan fingerprint density at radius 2 is 1.95 bits per heavy atom. The number of amides is 1. The number of nitrogens with zero attached hydrogens (tertiary/aromatic N) is 3. The molecule has 0 unspecified atom stereocenters. The lowest BCUT2D eigenvalue weighted by Crippen LogP contribution is -2.52. The Labute approximate surface area is 216 Å². The number of anilines is 2. The van der Waals surface area contributed by atoms with E-state index in [2.05, 4.69) is 20.5 Å². The Balaban J connectivity index is 1.59. The summed E-state index contributed by atoms with van der Waals surface area (Å²) in [4.78, 5) is 31.8. The van der Waals surface area contributed by atoms with Crippen molar-refractivity contribution in [2.75, 3.05) is 19.0 Å². The number of benzene rings is 1. The minimum Gasteiger partial charge on any atom is -0.469 e. The number of piperidine rings is 1. The predicted molar refractivity (Wildman–Crippen MR) is 130 cm³/mol. The van der Waals surface area contributed by atoms with E-state index >= 15 is 0 Å². The van der Waals surface area contributed by atoms with E-state index < -0.39 is 46.5 Å². The van der Waals surface area contributed by atoms with E-state index in [1.165, 1.54) is 36.3 Å². The van der Waals surface area contributed by atoms with Gasteiger partial charge in [0, 0.05) is 30.8 Å². The number of aromatic amines is 1. The maximum atomic E-state index is 14.8. The van der Waals surface area contributed by atoms with Crippen LogP contribution in [0.25, 0.3) is 0 Å². The van der Waals surface area contributed by atoms with Crippen molar-refractivity contribution in [3.8, 4) is 0 Å². The summed E-state index contributed by atoms with van der Waals surface area (Å²) in [6, 6.07) is 8.37. The molecule has 38 heavy (non-hydrogen) atoms. The smallest absolute Gasteiger partial charge is 0.417 e. The second-order valence-electron chi connectivity index (χ2n) is 9.48. The number of H-pyrrole nitrogens is 1. The molecule has 12 heteroatoms. The number of ether oxygens (including phenoxy) is 1.